The molecule has 2 nitrogen and oxygen atoms in total. The molecule has 4 rings (SSSR count). The lowest BCUT2D eigenvalue weighted by Crippen LogP contribution is -2.22. The molecule has 0 radical (unpaired) electrons. The maximum Gasteiger partial charge on any atom is 0.102 e. The molecule has 0 saturated carbocycles. The second-order valence-corrected chi connectivity index (χ2v) is 4.54. The third-order valence-corrected chi connectivity index (χ3v) is 3.67. The Hall–Kier alpha value is -2.09. The minimum atomic E-state index is 0.237. The fourth-order valence-electron chi connectivity index (χ4n) is 2.91. The molecule has 17 heavy (non-hydrogen) atoms. The first kappa shape index (κ1) is 8.99. The third-order valence-electron chi connectivity index (χ3n) is 3.67. The maximum absolute atomic E-state index is 4.56. The van der Waals surface area contributed by atoms with E-state index in [1.807, 2.05) is 6.34 Å². The highest BCUT2D eigenvalue weighted by atomic mass is 15.1. The summed E-state index contributed by atoms with van der Waals surface area (Å²) in [5, 5.41) is 3.36. The van der Waals surface area contributed by atoms with Crippen LogP contribution in [0.3, 0.4) is 0 Å². The zero-order chi connectivity index (χ0) is 11.2. The molecule has 2 aromatic rings. The van der Waals surface area contributed by atoms with Gasteiger partial charge in [0.15, 0.2) is 0 Å². The van der Waals surface area contributed by atoms with Gasteiger partial charge in [0.25, 0.3) is 0 Å². The Bertz CT molecular complexity index is 616. The van der Waals surface area contributed by atoms with Gasteiger partial charge < -0.3 is 5.32 Å². The van der Waals surface area contributed by atoms with Crippen LogP contribution in [0.15, 0.2) is 53.5 Å². The highest BCUT2D eigenvalue weighted by Crippen LogP contribution is 2.47. The van der Waals surface area contributed by atoms with E-state index < -0.39 is 0 Å². The van der Waals surface area contributed by atoms with E-state index in [9.17, 15) is 0 Å². The van der Waals surface area contributed by atoms with E-state index in [-0.39, 0.29) is 6.04 Å². The molecule has 82 valence electrons. The van der Waals surface area contributed by atoms with E-state index in [4.69, 9.17) is 0 Å². The quantitative estimate of drug-likeness (QED) is 0.725. The van der Waals surface area contributed by atoms with Crippen LogP contribution in [-0.2, 0) is 0 Å². The van der Waals surface area contributed by atoms with Gasteiger partial charge in [-0.1, -0.05) is 48.5 Å². The second-order valence-electron chi connectivity index (χ2n) is 4.54. The number of aliphatic imine (C=N–C) groups is 1. The summed E-state index contributed by atoms with van der Waals surface area (Å²) in [5.41, 5.74) is 5.35. The minimum absolute atomic E-state index is 0.237. The molecular weight excluding hydrogens is 208 g/mol. The van der Waals surface area contributed by atoms with E-state index in [0.29, 0.717) is 6.04 Å². The van der Waals surface area contributed by atoms with Crippen molar-refractivity contribution < 1.29 is 0 Å². The monoisotopic (exact) mass is 220 g/mol. The average molecular weight is 220 g/mol. The summed E-state index contributed by atoms with van der Waals surface area (Å²) in [6.07, 6.45) is 1.84. The van der Waals surface area contributed by atoms with Crippen LogP contribution in [0.1, 0.15) is 23.2 Å². The fourth-order valence-corrected chi connectivity index (χ4v) is 2.91. The summed E-state index contributed by atoms with van der Waals surface area (Å²) in [6, 6.07) is 17.7. The molecule has 0 amide bonds. The van der Waals surface area contributed by atoms with Crippen LogP contribution >= 0.6 is 0 Å². The molecule has 1 aliphatic heterocycles. The fraction of sp³-hybridized carbons (Fsp3) is 0.133. The van der Waals surface area contributed by atoms with E-state index in [0.717, 1.165) is 0 Å². The summed E-state index contributed by atoms with van der Waals surface area (Å²) < 4.78 is 0. The van der Waals surface area contributed by atoms with Crippen molar-refractivity contribution in [3.05, 3.63) is 59.7 Å². The number of nitrogens with one attached hydrogen (secondary N) is 1. The SMILES string of the molecule is C1=N[C@H]2c3ccccc3-c3ccccc3[C@H]2N1. The van der Waals surface area contributed by atoms with Crippen LogP contribution < -0.4 is 5.32 Å². The molecule has 0 spiro atoms. The van der Waals surface area contributed by atoms with Crippen molar-refractivity contribution in [2.45, 2.75) is 12.1 Å². The van der Waals surface area contributed by atoms with Gasteiger partial charge in [-0.15, -0.1) is 0 Å². The summed E-state index contributed by atoms with van der Waals surface area (Å²) in [7, 11) is 0. The molecule has 0 saturated heterocycles. The number of rotatable bonds is 0. The van der Waals surface area contributed by atoms with Crippen molar-refractivity contribution in [3.8, 4) is 11.1 Å². The third kappa shape index (κ3) is 1.12. The predicted octanol–water partition coefficient (Wildman–Crippen LogP) is 3.08. The molecule has 2 aromatic carbocycles. The Kier molecular flexibility index (Phi) is 1.69. The zero-order valence-corrected chi connectivity index (χ0v) is 9.30. The lowest BCUT2D eigenvalue weighted by molar-refractivity contribution is 0.567. The van der Waals surface area contributed by atoms with Crippen molar-refractivity contribution in [2.24, 2.45) is 4.99 Å². The first-order chi connectivity index (χ1) is 8.45. The number of benzene rings is 2. The van der Waals surface area contributed by atoms with Gasteiger partial charge in [0, 0.05) is 0 Å². The van der Waals surface area contributed by atoms with Crippen molar-refractivity contribution in [1.29, 1.82) is 0 Å². The molecule has 1 heterocycles. The number of fused-ring (bicyclic) bond motifs is 6. The zero-order valence-electron chi connectivity index (χ0n) is 9.30. The lowest BCUT2D eigenvalue weighted by Gasteiger charge is -2.29. The first-order valence-electron chi connectivity index (χ1n) is 5.91. The van der Waals surface area contributed by atoms with Gasteiger partial charge in [-0.05, 0) is 22.3 Å². The van der Waals surface area contributed by atoms with Crippen LogP contribution in [0, 0.1) is 0 Å². The minimum Gasteiger partial charge on any atom is -0.367 e. The molecule has 0 bridgehead atoms. The van der Waals surface area contributed by atoms with E-state index in [1.165, 1.54) is 22.3 Å². The first-order valence-corrected chi connectivity index (χ1v) is 5.91. The Balaban J connectivity index is 2.06. The van der Waals surface area contributed by atoms with Crippen LogP contribution in [0.25, 0.3) is 11.1 Å². The molecule has 0 aromatic heterocycles. The molecule has 1 N–H and O–H groups in total. The van der Waals surface area contributed by atoms with Gasteiger partial charge in [0.1, 0.15) is 6.04 Å². The molecule has 2 aliphatic rings. The van der Waals surface area contributed by atoms with Crippen molar-refractivity contribution in [3.63, 3.8) is 0 Å². The van der Waals surface area contributed by atoms with Crippen molar-refractivity contribution >= 4 is 6.34 Å². The van der Waals surface area contributed by atoms with Gasteiger partial charge in [0.2, 0.25) is 0 Å². The summed E-state index contributed by atoms with van der Waals surface area (Å²) >= 11 is 0. The van der Waals surface area contributed by atoms with Gasteiger partial charge in [-0.25, -0.2) is 0 Å². The van der Waals surface area contributed by atoms with Crippen LogP contribution in [0.2, 0.25) is 0 Å². The smallest absolute Gasteiger partial charge is 0.102 e. The largest absolute Gasteiger partial charge is 0.367 e. The lowest BCUT2D eigenvalue weighted by atomic mass is 9.80. The Morgan fingerprint density at radius 2 is 1.47 bits per heavy atom. The van der Waals surface area contributed by atoms with Gasteiger partial charge >= 0.3 is 0 Å². The van der Waals surface area contributed by atoms with Gasteiger partial charge in [0.05, 0.1) is 12.4 Å². The molecule has 2 heteroatoms. The van der Waals surface area contributed by atoms with E-state index >= 15 is 0 Å². The second kappa shape index (κ2) is 3.20. The van der Waals surface area contributed by atoms with Gasteiger partial charge in [-0.2, -0.15) is 0 Å². The topological polar surface area (TPSA) is 24.4 Å². The highest BCUT2D eigenvalue weighted by Gasteiger charge is 2.34. The summed E-state index contributed by atoms with van der Waals surface area (Å²) in [5.74, 6) is 0. The molecule has 0 fully saturated rings. The summed E-state index contributed by atoms with van der Waals surface area (Å²) in [4.78, 5) is 4.56. The van der Waals surface area contributed by atoms with Crippen LogP contribution in [0.4, 0.5) is 0 Å². The predicted molar refractivity (Wildman–Crippen MR) is 69.0 cm³/mol. The highest BCUT2D eigenvalue weighted by molar-refractivity contribution is 5.77. The van der Waals surface area contributed by atoms with Crippen LogP contribution in [-0.4, -0.2) is 6.34 Å². The van der Waals surface area contributed by atoms with Crippen molar-refractivity contribution in [2.75, 3.05) is 0 Å². The van der Waals surface area contributed by atoms with Crippen molar-refractivity contribution in [1.82, 2.24) is 5.32 Å². The Morgan fingerprint density at radius 1 is 0.824 bits per heavy atom. The molecular formula is C15H12N2. The molecule has 0 unspecified atom stereocenters. The summed E-state index contributed by atoms with van der Waals surface area (Å²) in [6.45, 7) is 0. The number of nitrogens with zero attached hydrogens (tertiary/aromatic N) is 1. The van der Waals surface area contributed by atoms with E-state index in [1.54, 1.807) is 0 Å². The maximum atomic E-state index is 4.56. The number of hydrogen-bond acceptors (Lipinski definition) is 2. The van der Waals surface area contributed by atoms with Crippen LogP contribution in [0.5, 0.6) is 0 Å². The molecule has 2 atom stereocenters. The Morgan fingerprint density at radius 3 is 2.29 bits per heavy atom. The average Bonchev–Trinajstić information content (AvgIpc) is 2.89. The van der Waals surface area contributed by atoms with Gasteiger partial charge in [-0.3, -0.25) is 4.99 Å². The van der Waals surface area contributed by atoms with E-state index in [2.05, 4.69) is 58.8 Å². The normalized spacial score (nSPS) is 23.5. The number of hydrogen-bond donors (Lipinski definition) is 1. The Labute approximate surface area is 100 Å². The molecule has 1 aliphatic carbocycles. The standard InChI is InChI=1S/C15H12N2/c1-3-7-12-10(5-1)11-6-2-4-8-13(11)15-14(12)16-9-17-15/h1-9,14-15H,(H,16,17)/t14-,15+.